The summed E-state index contributed by atoms with van der Waals surface area (Å²) in [5.74, 6) is 1.21. The smallest absolute Gasteiger partial charge is 0.156 e. The normalized spacial score (nSPS) is 18.4. The summed E-state index contributed by atoms with van der Waals surface area (Å²) in [6.45, 7) is 4.84. The van der Waals surface area contributed by atoms with Gasteiger partial charge in [0.2, 0.25) is 0 Å². The zero-order chi connectivity index (χ0) is 17.1. The van der Waals surface area contributed by atoms with Crippen molar-refractivity contribution in [3.05, 3.63) is 60.6 Å². The molecule has 0 saturated carbocycles. The van der Waals surface area contributed by atoms with Crippen LogP contribution >= 0.6 is 0 Å². The highest BCUT2D eigenvalue weighted by atomic mass is 15.1. The maximum absolute atomic E-state index is 4.80. The molecule has 0 amide bonds. The Morgan fingerprint density at radius 3 is 2.88 bits per heavy atom. The molecule has 1 saturated heterocycles. The van der Waals surface area contributed by atoms with Crippen molar-refractivity contribution in [2.24, 2.45) is 0 Å². The maximum atomic E-state index is 4.80. The van der Waals surface area contributed by atoms with Gasteiger partial charge in [0.05, 0.1) is 23.3 Å². The molecule has 0 unspecified atom stereocenters. The predicted molar refractivity (Wildman–Crippen MR) is 93.2 cm³/mol. The number of aryl methyl sites for hydroxylation is 1. The molecule has 0 N–H and O–H groups in total. The van der Waals surface area contributed by atoms with E-state index in [0.717, 1.165) is 55.4 Å². The molecule has 1 aliphatic heterocycles. The molecule has 1 fully saturated rings. The quantitative estimate of drug-likeness (QED) is 0.727. The highest BCUT2D eigenvalue weighted by Gasteiger charge is 2.23. The van der Waals surface area contributed by atoms with E-state index < -0.39 is 0 Å². The van der Waals surface area contributed by atoms with Crippen molar-refractivity contribution in [1.29, 1.82) is 0 Å². The molecule has 3 aromatic heterocycles. The number of imidazole rings is 1. The van der Waals surface area contributed by atoms with E-state index in [-0.39, 0.29) is 0 Å². The second-order valence-corrected chi connectivity index (χ2v) is 6.50. The van der Waals surface area contributed by atoms with Gasteiger partial charge in [0.1, 0.15) is 6.33 Å². The molecule has 0 aromatic carbocycles. The molecule has 1 atom stereocenters. The summed E-state index contributed by atoms with van der Waals surface area (Å²) in [7, 11) is 0. The van der Waals surface area contributed by atoms with Gasteiger partial charge in [0.15, 0.2) is 5.82 Å². The predicted octanol–water partition coefficient (Wildman–Crippen LogP) is 2.14. The maximum Gasteiger partial charge on any atom is 0.156 e. The highest BCUT2D eigenvalue weighted by Crippen LogP contribution is 2.26. The number of nitrogens with zero attached hydrogens (tertiary/aromatic N) is 7. The number of aromatic nitrogens is 6. The van der Waals surface area contributed by atoms with Crippen LogP contribution in [-0.2, 0) is 6.54 Å². The van der Waals surface area contributed by atoms with Gasteiger partial charge in [-0.25, -0.2) is 9.97 Å². The zero-order valence-electron chi connectivity index (χ0n) is 14.3. The Balaban J connectivity index is 1.47. The van der Waals surface area contributed by atoms with Gasteiger partial charge in [-0.15, -0.1) is 0 Å². The molecule has 0 bridgehead atoms. The van der Waals surface area contributed by atoms with Gasteiger partial charge >= 0.3 is 0 Å². The van der Waals surface area contributed by atoms with Gasteiger partial charge in [-0.2, -0.15) is 0 Å². The van der Waals surface area contributed by atoms with Crippen LogP contribution in [0.3, 0.4) is 0 Å². The molecule has 7 nitrogen and oxygen atoms in total. The third-order valence-corrected chi connectivity index (χ3v) is 4.55. The Hall–Kier alpha value is -2.67. The number of hydrogen-bond donors (Lipinski definition) is 0. The van der Waals surface area contributed by atoms with Crippen molar-refractivity contribution in [3.8, 4) is 5.82 Å². The minimum atomic E-state index is 0.392. The van der Waals surface area contributed by atoms with Crippen LogP contribution in [0.4, 0.5) is 0 Å². The van der Waals surface area contributed by atoms with E-state index in [1.54, 1.807) is 18.7 Å². The lowest BCUT2D eigenvalue weighted by Crippen LogP contribution is -2.34. The first-order valence-electron chi connectivity index (χ1n) is 8.58. The van der Waals surface area contributed by atoms with Crippen molar-refractivity contribution < 1.29 is 0 Å². The van der Waals surface area contributed by atoms with Crippen molar-refractivity contribution in [2.75, 3.05) is 13.1 Å². The van der Waals surface area contributed by atoms with Gasteiger partial charge in [-0.3, -0.25) is 24.4 Å². The lowest BCUT2D eigenvalue weighted by atomic mass is 9.95. The van der Waals surface area contributed by atoms with Crippen molar-refractivity contribution in [3.63, 3.8) is 0 Å². The minimum absolute atomic E-state index is 0.392. The molecule has 3 aromatic rings. The fraction of sp³-hybridized carbons (Fsp3) is 0.389. The number of rotatable bonds is 4. The fourth-order valence-corrected chi connectivity index (χ4v) is 3.26. The summed E-state index contributed by atoms with van der Waals surface area (Å²) in [5.41, 5.74) is 3.02. The van der Waals surface area contributed by atoms with Crippen molar-refractivity contribution in [2.45, 2.75) is 32.2 Å². The molecule has 0 radical (unpaired) electrons. The summed E-state index contributed by atoms with van der Waals surface area (Å²) >= 11 is 0. The Labute approximate surface area is 146 Å². The second-order valence-electron chi connectivity index (χ2n) is 6.50. The van der Waals surface area contributed by atoms with Gasteiger partial charge in [0, 0.05) is 50.0 Å². The summed E-state index contributed by atoms with van der Waals surface area (Å²) in [4.78, 5) is 24.5. The average Bonchev–Trinajstić information content (AvgIpc) is 3.19. The van der Waals surface area contributed by atoms with Crippen LogP contribution in [0.15, 0.2) is 43.5 Å². The van der Waals surface area contributed by atoms with Gasteiger partial charge in [-0.05, 0) is 26.3 Å². The van der Waals surface area contributed by atoms with Crippen LogP contribution in [0.2, 0.25) is 0 Å². The summed E-state index contributed by atoms with van der Waals surface area (Å²) in [6, 6.07) is 0. The number of likely N-dealkylation sites (tertiary alicyclic amines) is 1. The summed E-state index contributed by atoms with van der Waals surface area (Å²) in [5, 5.41) is 0. The molecule has 7 heteroatoms. The Kier molecular flexibility index (Phi) is 4.47. The molecular weight excluding hydrogens is 314 g/mol. The number of piperidine rings is 1. The van der Waals surface area contributed by atoms with Crippen LogP contribution in [0, 0.1) is 6.92 Å². The molecule has 1 aliphatic rings. The molecule has 128 valence electrons. The summed E-state index contributed by atoms with van der Waals surface area (Å²) in [6.07, 6.45) is 15.0. The first-order chi connectivity index (χ1) is 12.3. The first-order valence-corrected chi connectivity index (χ1v) is 8.58. The monoisotopic (exact) mass is 335 g/mol. The van der Waals surface area contributed by atoms with Crippen molar-refractivity contribution >= 4 is 0 Å². The van der Waals surface area contributed by atoms with E-state index >= 15 is 0 Å². The fourth-order valence-electron chi connectivity index (χ4n) is 3.26. The highest BCUT2D eigenvalue weighted by molar-refractivity contribution is 5.21. The van der Waals surface area contributed by atoms with Crippen molar-refractivity contribution in [1.82, 2.24) is 34.4 Å². The van der Waals surface area contributed by atoms with Gasteiger partial charge in [0.25, 0.3) is 0 Å². The Bertz CT molecular complexity index is 814. The second kappa shape index (κ2) is 7.06. The van der Waals surface area contributed by atoms with E-state index in [4.69, 9.17) is 4.98 Å². The van der Waals surface area contributed by atoms with E-state index in [2.05, 4.69) is 24.8 Å². The van der Waals surface area contributed by atoms with E-state index in [1.807, 2.05) is 36.3 Å². The Morgan fingerprint density at radius 1 is 1.12 bits per heavy atom. The largest absolute Gasteiger partial charge is 0.297 e. The van der Waals surface area contributed by atoms with E-state index in [1.165, 1.54) is 0 Å². The molecular formula is C18H21N7. The van der Waals surface area contributed by atoms with Crippen LogP contribution in [-0.4, -0.2) is 47.5 Å². The van der Waals surface area contributed by atoms with Gasteiger partial charge < -0.3 is 0 Å². The third kappa shape index (κ3) is 3.71. The molecule has 4 heterocycles. The van der Waals surface area contributed by atoms with E-state index in [0.29, 0.717) is 5.92 Å². The minimum Gasteiger partial charge on any atom is -0.297 e. The molecule has 25 heavy (non-hydrogen) atoms. The van der Waals surface area contributed by atoms with Crippen LogP contribution in [0.25, 0.3) is 5.82 Å². The third-order valence-electron chi connectivity index (χ3n) is 4.55. The zero-order valence-corrected chi connectivity index (χ0v) is 14.3. The van der Waals surface area contributed by atoms with Crippen LogP contribution < -0.4 is 0 Å². The van der Waals surface area contributed by atoms with Gasteiger partial charge in [-0.1, -0.05) is 0 Å². The molecule has 4 rings (SSSR count). The van der Waals surface area contributed by atoms with Crippen LogP contribution in [0.1, 0.15) is 35.8 Å². The first kappa shape index (κ1) is 15.8. The standard InChI is InChI=1S/C18H21N7/c1-14-7-22-16(8-21-14)12-24-5-2-3-15(11-24)17-9-20-10-18(23-17)25-6-4-19-13-25/h4,6-10,13,15H,2-3,5,11-12H2,1H3/t15-/m1/s1. The molecule has 0 spiro atoms. The molecule has 0 aliphatic carbocycles. The topological polar surface area (TPSA) is 72.6 Å². The lowest BCUT2D eigenvalue weighted by Gasteiger charge is -2.32. The lowest BCUT2D eigenvalue weighted by molar-refractivity contribution is 0.196. The SMILES string of the molecule is Cc1cnc(CN2CCC[C@@H](c3cncc(-n4ccnc4)n3)C2)cn1. The van der Waals surface area contributed by atoms with E-state index in [9.17, 15) is 0 Å². The van der Waals surface area contributed by atoms with Crippen LogP contribution in [0.5, 0.6) is 0 Å². The summed E-state index contributed by atoms with van der Waals surface area (Å²) < 4.78 is 1.89. The number of hydrogen-bond acceptors (Lipinski definition) is 6. The average molecular weight is 335 g/mol. The Morgan fingerprint density at radius 2 is 2.08 bits per heavy atom.